The van der Waals surface area contributed by atoms with Gasteiger partial charge in [-0.25, -0.2) is 0 Å². The smallest absolute Gasteiger partial charge is 0.422 e. The summed E-state index contributed by atoms with van der Waals surface area (Å²) in [6, 6.07) is 8.25. The van der Waals surface area contributed by atoms with Gasteiger partial charge in [-0.05, 0) is 42.5 Å². The highest BCUT2D eigenvalue weighted by atomic mass is 35.5. The van der Waals surface area contributed by atoms with Gasteiger partial charge in [-0.15, -0.1) is 11.3 Å². The molecule has 0 radical (unpaired) electrons. The number of nitrogens with zero attached hydrogens (tertiary/aromatic N) is 1. The van der Waals surface area contributed by atoms with E-state index >= 15 is 0 Å². The molecule has 1 saturated heterocycles. The number of alkyl halides is 3. The van der Waals surface area contributed by atoms with E-state index in [1.807, 2.05) is 17.5 Å². The zero-order valence-electron chi connectivity index (χ0n) is 14.3. The maximum absolute atomic E-state index is 12.7. The highest BCUT2D eigenvalue weighted by molar-refractivity contribution is 7.10. The van der Waals surface area contributed by atoms with Gasteiger partial charge in [-0.2, -0.15) is 13.2 Å². The van der Waals surface area contributed by atoms with Crippen molar-refractivity contribution in [2.45, 2.75) is 25.1 Å². The van der Waals surface area contributed by atoms with Gasteiger partial charge < -0.3 is 15.0 Å². The summed E-state index contributed by atoms with van der Waals surface area (Å²) in [5.74, 6) is -0.117. The Hall–Kier alpha value is -1.93. The third kappa shape index (κ3) is 5.29. The van der Waals surface area contributed by atoms with Crippen LogP contribution < -0.4 is 10.1 Å². The van der Waals surface area contributed by atoms with Crippen LogP contribution in [0.2, 0.25) is 5.02 Å². The minimum Gasteiger partial charge on any atom is -0.482 e. The average molecular weight is 419 g/mol. The molecule has 146 valence electrons. The number of likely N-dealkylation sites (tertiary alicyclic amines) is 1. The number of thiophene rings is 1. The molecule has 3 rings (SSSR count). The Bertz CT molecular complexity index is 783. The molecule has 0 spiro atoms. The lowest BCUT2D eigenvalue weighted by Gasteiger charge is -2.24. The molecule has 4 nitrogen and oxygen atoms in total. The fraction of sp³-hybridized carbons (Fsp3) is 0.389. The third-order valence-electron chi connectivity index (χ3n) is 4.21. The number of nitrogens with one attached hydrogen (secondary N) is 1. The first-order chi connectivity index (χ1) is 12.8. The van der Waals surface area contributed by atoms with E-state index in [1.54, 1.807) is 16.2 Å². The zero-order chi connectivity index (χ0) is 19.4. The van der Waals surface area contributed by atoms with Crippen LogP contribution in [0, 0.1) is 0 Å². The first kappa shape index (κ1) is 19.8. The highest BCUT2D eigenvalue weighted by Crippen LogP contribution is 2.35. The molecular weight excluding hydrogens is 401 g/mol. The molecular formula is C18H18ClF3N2O2S. The second-order valence-corrected chi connectivity index (χ2v) is 7.57. The van der Waals surface area contributed by atoms with Crippen molar-refractivity contribution in [3.63, 3.8) is 0 Å². The van der Waals surface area contributed by atoms with E-state index in [1.165, 1.54) is 18.2 Å². The number of anilines is 1. The molecule has 0 bridgehead atoms. The Morgan fingerprint density at radius 2 is 2.19 bits per heavy atom. The van der Waals surface area contributed by atoms with E-state index in [0.29, 0.717) is 11.6 Å². The molecule has 2 heterocycles. The predicted molar refractivity (Wildman–Crippen MR) is 99.5 cm³/mol. The number of halogens is 4. The van der Waals surface area contributed by atoms with Crippen LogP contribution in [-0.2, 0) is 4.79 Å². The number of rotatable bonds is 6. The third-order valence-corrected chi connectivity index (χ3v) is 5.42. The van der Waals surface area contributed by atoms with Gasteiger partial charge in [-0.3, -0.25) is 4.79 Å². The van der Waals surface area contributed by atoms with Crippen molar-refractivity contribution in [2.24, 2.45) is 0 Å². The van der Waals surface area contributed by atoms with E-state index in [4.69, 9.17) is 16.3 Å². The number of amides is 1. The lowest BCUT2D eigenvalue weighted by Crippen LogP contribution is -2.35. The van der Waals surface area contributed by atoms with Crippen LogP contribution in [0.3, 0.4) is 0 Å². The molecule has 1 aromatic heterocycles. The molecule has 1 aliphatic heterocycles. The average Bonchev–Trinajstić information content (AvgIpc) is 3.28. The van der Waals surface area contributed by atoms with Gasteiger partial charge in [0.15, 0.2) is 6.61 Å². The van der Waals surface area contributed by atoms with Crippen LogP contribution in [0.15, 0.2) is 35.7 Å². The van der Waals surface area contributed by atoms with Gasteiger partial charge in [0.05, 0.1) is 18.3 Å². The molecule has 27 heavy (non-hydrogen) atoms. The molecule has 1 atom stereocenters. The van der Waals surface area contributed by atoms with Gasteiger partial charge in [0, 0.05) is 16.4 Å². The van der Waals surface area contributed by atoms with E-state index in [0.717, 1.165) is 17.7 Å². The van der Waals surface area contributed by atoms with E-state index in [2.05, 4.69) is 5.32 Å². The Morgan fingerprint density at radius 1 is 1.37 bits per heavy atom. The molecule has 1 unspecified atom stereocenters. The Kier molecular flexibility index (Phi) is 6.16. The number of benzene rings is 1. The predicted octanol–water partition coefficient (Wildman–Crippen LogP) is 5.12. The maximum Gasteiger partial charge on any atom is 0.422 e. The maximum atomic E-state index is 12.7. The Morgan fingerprint density at radius 3 is 2.89 bits per heavy atom. The normalized spacial score (nSPS) is 17.2. The summed E-state index contributed by atoms with van der Waals surface area (Å²) in [6.07, 6.45) is -2.62. The van der Waals surface area contributed by atoms with Crippen LogP contribution >= 0.6 is 22.9 Å². The summed E-state index contributed by atoms with van der Waals surface area (Å²) in [5.41, 5.74) is 0.256. The molecule has 2 aromatic rings. The van der Waals surface area contributed by atoms with Gasteiger partial charge >= 0.3 is 6.18 Å². The first-order valence-corrected chi connectivity index (χ1v) is 9.65. The van der Waals surface area contributed by atoms with Crippen molar-refractivity contribution in [1.29, 1.82) is 0 Å². The standard InChI is InChI=1S/C18H18ClF3N2O2S/c19-12-5-6-15(26-11-18(20,21)22)13(9-12)23-10-17(25)24-7-1-3-14(24)16-4-2-8-27-16/h2,4-6,8-9,14,23H,1,3,7,10-11H2. The lowest BCUT2D eigenvalue weighted by molar-refractivity contribution is -0.153. The summed E-state index contributed by atoms with van der Waals surface area (Å²) in [4.78, 5) is 15.6. The molecule has 1 amide bonds. The minimum atomic E-state index is -4.45. The van der Waals surface area contributed by atoms with Crippen LogP contribution in [0.1, 0.15) is 23.8 Å². The van der Waals surface area contributed by atoms with Gasteiger partial charge in [0.25, 0.3) is 0 Å². The number of carbonyl (C=O) groups is 1. The second kappa shape index (κ2) is 8.39. The Labute approximate surface area is 163 Å². The summed E-state index contributed by atoms with van der Waals surface area (Å²) in [7, 11) is 0. The molecule has 9 heteroatoms. The first-order valence-electron chi connectivity index (χ1n) is 8.39. The van der Waals surface area contributed by atoms with Crippen molar-refractivity contribution in [1.82, 2.24) is 4.90 Å². The monoisotopic (exact) mass is 418 g/mol. The lowest BCUT2D eigenvalue weighted by atomic mass is 10.2. The number of ether oxygens (including phenoxy) is 1. The van der Waals surface area contributed by atoms with Crippen molar-refractivity contribution in [3.8, 4) is 5.75 Å². The van der Waals surface area contributed by atoms with Crippen LogP contribution in [0.4, 0.5) is 18.9 Å². The van der Waals surface area contributed by atoms with E-state index in [9.17, 15) is 18.0 Å². The SMILES string of the molecule is O=C(CNc1cc(Cl)ccc1OCC(F)(F)F)N1CCCC1c1cccs1. The summed E-state index contributed by atoms with van der Waals surface area (Å²) in [5, 5.41) is 5.18. The van der Waals surface area contributed by atoms with Crippen LogP contribution in [-0.4, -0.2) is 36.7 Å². The summed E-state index contributed by atoms with van der Waals surface area (Å²) >= 11 is 7.54. The highest BCUT2D eigenvalue weighted by Gasteiger charge is 2.31. The molecule has 0 saturated carbocycles. The molecule has 1 aliphatic rings. The van der Waals surface area contributed by atoms with Crippen LogP contribution in [0.25, 0.3) is 0 Å². The fourth-order valence-electron chi connectivity index (χ4n) is 3.04. The molecule has 0 aliphatic carbocycles. The van der Waals surface area contributed by atoms with Crippen LogP contribution in [0.5, 0.6) is 5.75 Å². The van der Waals surface area contributed by atoms with Gasteiger partial charge in [0.2, 0.25) is 5.91 Å². The van der Waals surface area contributed by atoms with Gasteiger partial charge in [-0.1, -0.05) is 17.7 Å². The van der Waals surface area contributed by atoms with Crippen molar-refractivity contribution >= 4 is 34.5 Å². The quantitative estimate of drug-likeness (QED) is 0.708. The largest absolute Gasteiger partial charge is 0.482 e. The van der Waals surface area contributed by atoms with Crippen molar-refractivity contribution < 1.29 is 22.7 Å². The molecule has 1 N–H and O–H groups in total. The van der Waals surface area contributed by atoms with Crippen molar-refractivity contribution in [3.05, 3.63) is 45.6 Å². The second-order valence-electron chi connectivity index (χ2n) is 6.16. The van der Waals surface area contributed by atoms with E-state index < -0.39 is 12.8 Å². The molecule has 1 aromatic carbocycles. The number of carbonyl (C=O) groups excluding carboxylic acids is 1. The van der Waals surface area contributed by atoms with Gasteiger partial charge in [0.1, 0.15) is 5.75 Å². The Balaban J connectivity index is 1.65. The fourth-order valence-corrected chi connectivity index (χ4v) is 4.09. The molecule has 1 fully saturated rings. The minimum absolute atomic E-state index is 0.000698. The zero-order valence-corrected chi connectivity index (χ0v) is 15.8. The summed E-state index contributed by atoms with van der Waals surface area (Å²) in [6.45, 7) is -0.801. The van der Waals surface area contributed by atoms with Crippen molar-refractivity contribution in [2.75, 3.05) is 25.0 Å². The summed E-state index contributed by atoms with van der Waals surface area (Å²) < 4.78 is 42.1. The van der Waals surface area contributed by atoms with E-state index in [-0.39, 0.29) is 29.9 Å². The number of hydrogen-bond acceptors (Lipinski definition) is 4. The topological polar surface area (TPSA) is 41.6 Å². The number of hydrogen-bond donors (Lipinski definition) is 1.